The Morgan fingerprint density at radius 2 is 2.21 bits per heavy atom. The van der Waals surface area contributed by atoms with Gasteiger partial charge in [0.05, 0.1) is 17.5 Å². The zero-order valence-corrected chi connectivity index (χ0v) is 11.4. The van der Waals surface area contributed by atoms with Crippen molar-refractivity contribution in [2.45, 2.75) is 20.4 Å². The Labute approximate surface area is 114 Å². The molecule has 0 aliphatic carbocycles. The molecule has 0 bridgehead atoms. The number of halogens is 1. The van der Waals surface area contributed by atoms with Crippen LogP contribution in [0.2, 0.25) is 5.15 Å². The van der Waals surface area contributed by atoms with E-state index in [4.69, 9.17) is 16.3 Å². The van der Waals surface area contributed by atoms with Crippen LogP contribution >= 0.6 is 11.6 Å². The van der Waals surface area contributed by atoms with Crippen molar-refractivity contribution in [1.29, 1.82) is 0 Å². The fourth-order valence-corrected chi connectivity index (χ4v) is 2.03. The van der Waals surface area contributed by atoms with E-state index in [9.17, 15) is 9.59 Å². The molecule has 2 heterocycles. The first-order chi connectivity index (χ1) is 9.08. The van der Waals surface area contributed by atoms with E-state index in [1.165, 1.54) is 12.4 Å². The van der Waals surface area contributed by atoms with Gasteiger partial charge in [-0.05, 0) is 19.9 Å². The first-order valence-corrected chi connectivity index (χ1v) is 6.32. The van der Waals surface area contributed by atoms with E-state index in [-0.39, 0.29) is 17.6 Å². The van der Waals surface area contributed by atoms with E-state index in [1.807, 2.05) is 6.92 Å². The Kier molecular flexibility index (Phi) is 3.85. The molecule has 100 valence electrons. The highest BCUT2D eigenvalue weighted by atomic mass is 35.5. The third-order valence-electron chi connectivity index (χ3n) is 2.77. The number of rotatable bonds is 3. The van der Waals surface area contributed by atoms with Crippen LogP contribution in [0.15, 0.2) is 23.3 Å². The number of pyridine rings is 2. The number of aryl methyl sites for hydroxylation is 1. The second-order valence-electron chi connectivity index (χ2n) is 3.90. The Hall–Kier alpha value is -1.88. The van der Waals surface area contributed by atoms with E-state index in [2.05, 4.69) is 4.98 Å². The standard InChI is InChI=1S/C13H13ClN2O3/c1-3-16-7-9(13(18)19-4-2)12(17)8-6-15-11(14)5-10(8)16/h5-7H,3-4H2,1-2H3. The highest BCUT2D eigenvalue weighted by Crippen LogP contribution is 2.15. The molecule has 0 aliphatic heterocycles. The molecular weight excluding hydrogens is 268 g/mol. The number of hydrogen-bond donors (Lipinski definition) is 0. The van der Waals surface area contributed by atoms with Gasteiger partial charge in [-0.3, -0.25) is 4.79 Å². The number of aromatic nitrogens is 2. The molecule has 0 amide bonds. The van der Waals surface area contributed by atoms with Crippen molar-refractivity contribution in [3.63, 3.8) is 0 Å². The second-order valence-corrected chi connectivity index (χ2v) is 4.29. The molecule has 19 heavy (non-hydrogen) atoms. The van der Waals surface area contributed by atoms with Crippen LogP contribution in [0.25, 0.3) is 10.9 Å². The number of carbonyl (C=O) groups excluding carboxylic acids is 1. The van der Waals surface area contributed by atoms with Crippen LogP contribution in [0, 0.1) is 0 Å². The van der Waals surface area contributed by atoms with Crippen LogP contribution in [0.1, 0.15) is 24.2 Å². The molecule has 0 unspecified atom stereocenters. The fourth-order valence-electron chi connectivity index (χ4n) is 1.88. The lowest BCUT2D eigenvalue weighted by atomic mass is 10.2. The highest BCUT2D eigenvalue weighted by Gasteiger charge is 2.16. The Bertz CT molecular complexity index is 694. The molecule has 2 aromatic heterocycles. The van der Waals surface area contributed by atoms with Gasteiger partial charge in [-0.25, -0.2) is 9.78 Å². The summed E-state index contributed by atoms with van der Waals surface area (Å²) in [5.41, 5.74) is 0.281. The molecule has 0 saturated heterocycles. The molecular formula is C13H13ClN2O3. The number of fused-ring (bicyclic) bond motifs is 1. The van der Waals surface area contributed by atoms with Crippen LogP contribution in [0.5, 0.6) is 0 Å². The maximum absolute atomic E-state index is 12.2. The zero-order valence-electron chi connectivity index (χ0n) is 10.6. The van der Waals surface area contributed by atoms with Crippen molar-refractivity contribution >= 4 is 28.5 Å². The SMILES string of the molecule is CCOC(=O)c1cn(CC)c2cc(Cl)ncc2c1=O. The van der Waals surface area contributed by atoms with Crippen LogP contribution < -0.4 is 5.43 Å². The second kappa shape index (κ2) is 5.40. The quantitative estimate of drug-likeness (QED) is 0.639. The predicted octanol–water partition coefficient (Wildman–Crippen LogP) is 2.25. The Morgan fingerprint density at radius 1 is 1.47 bits per heavy atom. The molecule has 6 heteroatoms. The van der Waals surface area contributed by atoms with E-state index in [0.717, 1.165) is 0 Å². The van der Waals surface area contributed by atoms with Crippen LogP contribution in [0.3, 0.4) is 0 Å². The topological polar surface area (TPSA) is 61.2 Å². The molecule has 5 nitrogen and oxygen atoms in total. The molecule has 2 aromatic rings. The smallest absolute Gasteiger partial charge is 0.343 e. The van der Waals surface area contributed by atoms with Gasteiger partial charge in [-0.15, -0.1) is 0 Å². The number of ether oxygens (including phenoxy) is 1. The van der Waals surface area contributed by atoms with E-state index in [0.29, 0.717) is 22.6 Å². The van der Waals surface area contributed by atoms with Crippen LogP contribution in [-0.4, -0.2) is 22.1 Å². The van der Waals surface area contributed by atoms with Crippen molar-refractivity contribution in [3.8, 4) is 0 Å². The van der Waals surface area contributed by atoms with Gasteiger partial charge in [-0.2, -0.15) is 0 Å². The number of nitrogens with zero attached hydrogens (tertiary/aromatic N) is 2. The van der Waals surface area contributed by atoms with Gasteiger partial charge in [0.1, 0.15) is 10.7 Å². The maximum atomic E-state index is 12.2. The van der Waals surface area contributed by atoms with Crippen molar-refractivity contribution in [2.75, 3.05) is 6.61 Å². The number of esters is 1. The normalized spacial score (nSPS) is 10.7. The highest BCUT2D eigenvalue weighted by molar-refractivity contribution is 6.30. The van der Waals surface area contributed by atoms with Gasteiger partial charge >= 0.3 is 5.97 Å². The third kappa shape index (κ3) is 2.46. The Morgan fingerprint density at radius 3 is 2.84 bits per heavy atom. The first-order valence-electron chi connectivity index (χ1n) is 5.94. The lowest BCUT2D eigenvalue weighted by Crippen LogP contribution is -2.21. The van der Waals surface area contributed by atoms with Crippen molar-refractivity contribution in [2.24, 2.45) is 0 Å². The third-order valence-corrected chi connectivity index (χ3v) is 2.98. The fraction of sp³-hybridized carbons (Fsp3) is 0.308. The Balaban J connectivity index is 2.76. The minimum absolute atomic E-state index is 0.0142. The van der Waals surface area contributed by atoms with Gasteiger partial charge in [0.15, 0.2) is 0 Å². The summed E-state index contributed by atoms with van der Waals surface area (Å²) in [7, 11) is 0. The van der Waals surface area contributed by atoms with E-state index >= 15 is 0 Å². The van der Waals surface area contributed by atoms with Crippen LogP contribution in [0.4, 0.5) is 0 Å². The largest absolute Gasteiger partial charge is 0.462 e. The molecule has 0 N–H and O–H groups in total. The van der Waals surface area contributed by atoms with Gasteiger partial charge in [0.25, 0.3) is 0 Å². The number of carbonyl (C=O) groups is 1. The summed E-state index contributed by atoms with van der Waals surface area (Å²) in [5, 5.41) is 0.662. The minimum atomic E-state index is -0.619. The monoisotopic (exact) mass is 280 g/mol. The first kappa shape index (κ1) is 13.5. The van der Waals surface area contributed by atoms with Crippen molar-refractivity contribution < 1.29 is 9.53 Å². The summed E-state index contributed by atoms with van der Waals surface area (Å²) in [4.78, 5) is 27.9. The van der Waals surface area contributed by atoms with Crippen LogP contribution in [-0.2, 0) is 11.3 Å². The van der Waals surface area contributed by atoms with Gasteiger partial charge < -0.3 is 9.30 Å². The predicted molar refractivity (Wildman–Crippen MR) is 72.6 cm³/mol. The summed E-state index contributed by atoms with van der Waals surface area (Å²) in [6.45, 7) is 4.43. The van der Waals surface area contributed by atoms with Crippen molar-refractivity contribution in [3.05, 3.63) is 39.4 Å². The lowest BCUT2D eigenvalue weighted by Gasteiger charge is -2.10. The van der Waals surface area contributed by atoms with Gasteiger partial charge in [0.2, 0.25) is 5.43 Å². The molecule has 2 rings (SSSR count). The summed E-state index contributed by atoms with van der Waals surface area (Å²) in [6, 6.07) is 1.61. The summed E-state index contributed by atoms with van der Waals surface area (Å²) < 4.78 is 6.66. The molecule has 0 spiro atoms. The average Bonchev–Trinajstić information content (AvgIpc) is 2.39. The van der Waals surface area contributed by atoms with E-state index < -0.39 is 5.97 Å². The summed E-state index contributed by atoms with van der Waals surface area (Å²) in [5.74, 6) is -0.619. The molecule has 0 fully saturated rings. The molecule has 0 radical (unpaired) electrons. The molecule has 0 atom stereocenters. The minimum Gasteiger partial charge on any atom is -0.462 e. The molecule has 0 saturated carbocycles. The maximum Gasteiger partial charge on any atom is 0.343 e. The summed E-state index contributed by atoms with van der Waals surface area (Å²) >= 11 is 5.83. The van der Waals surface area contributed by atoms with E-state index in [1.54, 1.807) is 17.6 Å². The lowest BCUT2D eigenvalue weighted by molar-refractivity contribution is 0.0524. The molecule has 0 aromatic carbocycles. The summed E-state index contributed by atoms with van der Waals surface area (Å²) in [6.07, 6.45) is 2.88. The zero-order chi connectivity index (χ0) is 14.0. The van der Waals surface area contributed by atoms with Gasteiger partial charge in [-0.1, -0.05) is 11.6 Å². The average molecular weight is 281 g/mol. The number of hydrogen-bond acceptors (Lipinski definition) is 4. The van der Waals surface area contributed by atoms with Crippen molar-refractivity contribution in [1.82, 2.24) is 9.55 Å². The van der Waals surface area contributed by atoms with Gasteiger partial charge in [0, 0.05) is 18.9 Å². The molecule has 0 aliphatic rings.